The molecule has 4 heterocycles. The monoisotopic (exact) mass is 560 g/mol. The molecule has 1 N–H and O–H groups in total. The lowest BCUT2D eigenvalue weighted by molar-refractivity contribution is 0.0504. The average molecular weight is 561 g/mol. The van der Waals surface area contributed by atoms with Crippen LogP contribution in [0.5, 0.6) is 0 Å². The van der Waals surface area contributed by atoms with Crippen molar-refractivity contribution in [2.24, 2.45) is 5.92 Å². The second-order valence-electron chi connectivity index (χ2n) is 11.8. The number of hydrogen-bond acceptors (Lipinski definition) is 8. The zero-order valence-corrected chi connectivity index (χ0v) is 23.8. The first-order chi connectivity index (χ1) is 19.5. The molecule has 0 aromatic carbocycles. The Morgan fingerprint density at radius 3 is 2.76 bits per heavy atom. The van der Waals surface area contributed by atoms with E-state index < -0.39 is 29.0 Å². The van der Waals surface area contributed by atoms with Crippen molar-refractivity contribution in [2.45, 2.75) is 64.6 Å². The van der Waals surface area contributed by atoms with Gasteiger partial charge in [-0.2, -0.15) is 5.10 Å². The maximum absolute atomic E-state index is 14.7. The van der Waals surface area contributed by atoms with Crippen molar-refractivity contribution in [2.75, 3.05) is 18.1 Å². The molecule has 3 aromatic rings. The van der Waals surface area contributed by atoms with Crippen LogP contribution in [0.1, 0.15) is 75.1 Å². The van der Waals surface area contributed by atoms with Gasteiger partial charge in [0.25, 0.3) is 0 Å². The van der Waals surface area contributed by atoms with E-state index in [0.29, 0.717) is 23.7 Å². The highest BCUT2D eigenvalue weighted by Crippen LogP contribution is 2.57. The summed E-state index contributed by atoms with van der Waals surface area (Å²) in [5.74, 6) is -0.124. The van der Waals surface area contributed by atoms with Crippen LogP contribution in [0.4, 0.5) is 15.0 Å². The Balaban J connectivity index is 1.32. The van der Waals surface area contributed by atoms with Crippen molar-refractivity contribution >= 4 is 29.6 Å². The number of anilines is 1. The molecule has 0 unspecified atom stereocenters. The summed E-state index contributed by atoms with van der Waals surface area (Å²) < 4.78 is 26.9. The van der Waals surface area contributed by atoms with E-state index in [1.54, 1.807) is 13.1 Å². The maximum Gasteiger partial charge on any atom is 0.408 e. The molecule has 1 saturated carbocycles. The highest BCUT2D eigenvalue weighted by atomic mass is 19.1. The summed E-state index contributed by atoms with van der Waals surface area (Å²) >= 11 is 0. The standard InChI is InChI=1S/C30H33FN6O4/c1-6-40-27(38)20-15-33-37-12-8-23(34-26(20)37)36-16-21-17(2)24(21)25(36)19-13-18(31)14-32-22(19)7-9-30(10-11-30)35-28(39)41-29(3,4)5/h7-9,12-15,24-25H,6,10-11,16H2,1-5H3,(H,35,39)/b9-7+/t24-,25+/m1/s1. The van der Waals surface area contributed by atoms with Crippen LogP contribution in [-0.2, 0) is 9.47 Å². The van der Waals surface area contributed by atoms with Gasteiger partial charge in [-0.1, -0.05) is 11.6 Å². The Kier molecular flexibility index (Phi) is 6.35. The molecule has 10 nitrogen and oxygen atoms in total. The predicted molar refractivity (Wildman–Crippen MR) is 150 cm³/mol. The molecular weight excluding hydrogens is 527 g/mol. The van der Waals surface area contributed by atoms with Gasteiger partial charge in [-0.15, -0.1) is 0 Å². The van der Waals surface area contributed by atoms with E-state index in [1.807, 2.05) is 39.0 Å². The van der Waals surface area contributed by atoms with Gasteiger partial charge in [0.1, 0.15) is 22.8 Å². The second-order valence-corrected chi connectivity index (χ2v) is 11.8. The van der Waals surface area contributed by atoms with E-state index >= 15 is 0 Å². The van der Waals surface area contributed by atoms with Gasteiger partial charge in [-0.3, -0.25) is 4.98 Å². The summed E-state index contributed by atoms with van der Waals surface area (Å²) in [6.45, 7) is 10.2. The highest BCUT2D eigenvalue weighted by Gasteiger charge is 2.51. The number of aromatic nitrogens is 4. The third-order valence-corrected chi connectivity index (χ3v) is 7.73. The summed E-state index contributed by atoms with van der Waals surface area (Å²) in [7, 11) is 0. The number of rotatable bonds is 7. The fourth-order valence-electron chi connectivity index (χ4n) is 5.53. The van der Waals surface area contributed by atoms with Crippen molar-refractivity contribution in [3.05, 3.63) is 70.6 Å². The normalized spacial score (nSPS) is 20.9. The lowest BCUT2D eigenvalue weighted by Crippen LogP contribution is -2.39. The highest BCUT2D eigenvalue weighted by molar-refractivity contribution is 5.95. The lowest BCUT2D eigenvalue weighted by Gasteiger charge is -2.29. The topological polar surface area (TPSA) is 111 Å². The van der Waals surface area contributed by atoms with Gasteiger partial charge >= 0.3 is 12.1 Å². The molecule has 1 amide bonds. The van der Waals surface area contributed by atoms with Crippen LogP contribution >= 0.6 is 0 Å². The van der Waals surface area contributed by atoms with E-state index in [1.165, 1.54) is 34.1 Å². The number of esters is 1. The third kappa shape index (κ3) is 5.16. The summed E-state index contributed by atoms with van der Waals surface area (Å²) in [5.41, 5.74) is 3.50. The number of nitrogens with one attached hydrogen (secondary N) is 1. The SMILES string of the molecule is CCOC(=O)c1cnn2ccc(N3CC4=C(C)[C@H]4[C@@H]3c3cc(F)cnc3/C=C/C3(NC(=O)OC(C)(C)C)CC3)nc12. The van der Waals surface area contributed by atoms with Gasteiger partial charge in [0, 0.05) is 24.2 Å². The van der Waals surface area contributed by atoms with Gasteiger partial charge in [0.05, 0.1) is 36.3 Å². The van der Waals surface area contributed by atoms with E-state index in [0.717, 1.165) is 18.4 Å². The first kappa shape index (κ1) is 26.9. The first-order valence-electron chi connectivity index (χ1n) is 13.8. The number of carbonyl (C=O) groups excluding carboxylic acids is 2. The lowest BCUT2D eigenvalue weighted by atomic mass is 9.97. The summed E-state index contributed by atoms with van der Waals surface area (Å²) in [6, 6.07) is 3.14. The largest absolute Gasteiger partial charge is 0.462 e. The van der Waals surface area contributed by atoms with Crippen molar-refractivity contribution in [3.8, 4) is 0 Å². The smallest absolute Gasteiger partial charge is 0.408 e. The van der Waals surface area contributed by atoms with E-state index in [-0.39, 0.29) is 24.1 Å². The number of alkyl carbamates (subject to hydrolysis) is 1. The van der Waals surface area contributed by atoms with Crippen molar-refractivity contribution < 1.29 is 23.5 Å². The van der Waals surface area contributed by atoms with Crippen LogP contribution in [0.3, 0.4) is 0 Å². The molecule has 41 heavy (non-hydrogen) atoms. The molecule has 3 aliphatic rings. The quantitative estimate of drug-likeness (QED) is 0.317. The molecule has 0 radical (unpaired) electrons. The fraction of sp³-hybridized carbons (Fsp3) is 0.433. The number of ether oxygens (including phenoxy) is 2. The fourth-order valence-corrected chi connectivity index (χ4v) is 5.53. The Hall–Kier alpha value is -4.28. The van der Waals surface area contributed by atoms with Crippen LogP contribution in [0.25, 0.3) is 11.7 Å². The molecule has 2 aliphatic carbocycles. The zero-order chi connectivity index (χ0) is 29.1. The predicted octanol–water partition coefficient (Wildman–Crippen LogP) is 5.02. The molecule has 3 aromatic heterocycles. The van der Waals surface area contributed by atoms with Crippen molar-refractivity contribution in [1.82, 2.24) is 24.9 Å². The minimum Gasteiger partial charge on any atom is -0.462 e. The average Bonchev–Trinajstić information content (AvgIpc) is 3.65. The van der Waals surface area contributed by atoms with Crippen LogP contribution in [-0.4, -0.2) is 55.9 Å². The van der Waals surface area contributed by atoms with Crippen molar-refractivity contribution in [3.63, 3.8) is 0 Å². The van der Waals surface area contributed by atoms with Crippen LogP contribution in [0.2, 0.25) is 0 Å². The van der Waals surface area contributed by atoms with Crippen LogP contribution in [0, 0.1) is 11.7 Å². The summed E-state index contributed by atoms with van der Waals surface area (Å²) in [5, 5.41) is 7.21. The summed E-state index contributed by atoms with van der Waals surface area (Å²) in [4.78, 5) is 36.3. The van der Waals surface area contributed by atoms with Gasteiger partial charge in [0.2, 0.25) is 0 Å². The number of pyridine rings is 1. The zero-order valence-electron chi connectivity index (χ0n) is 23.8. The second kappa shape index (κ2) is 9.67. The molecule has 0 spiro atoms. The molecular formula is C30H33FN6O4. The molecule has 2 fully saturated rings. The number of halogens is 1. The van der Waals surface area contributed by atoms with Gasteiger partial charge in [0.15, 0.2) is 5.65 Å². The Morgan fingerprint density at radius 2 is 2.05 bits per heavy atom. The molecule has 0 bridgehead atoms. The van der Waals surface area contributed by atoms with Gasteiger partial charge in [-0.25, -0.2) is 23.5 Å². The Labute approximate surface area is 237 Å². The molecule has 6 rings (SSSR count). The van der Waals surface area contributed by atoms with Crippen LogP contribution in [0.15, 0.2) is 47.9 Å². The number of nitrogens with zero attached hydrogens (tertiary/aromatic N) is 5. The van der Waals surface area contributed by atoms with E-state index in [9.17, 15) is 14.0 Å². The molecule has 2 atom stereocenters. The molecule has 1 saturated heterocycles. The molecule has 1 aliphatic heterocycles. The van der Waals surface area contributed by atoms with Crippen LogP contribution < -0.4 is 10.2 Å². The minimum atomic E-state index is -0.598. The van der Waals surface area contributed by atoms with Gasteiger partial charge < -0.3 is 19.7 Å². The maximum atomic E-state index is 14.7. The van der Waals surface area contributed by atoms with E-state index in [2.05, 4.69) is 27.2 Å². The third-order valence-electron chi connectivity index (χ3n) is 7.73. The number of carbonyl (C=O) groups is 2. The Morgan fingerprint density at radius 1 is 1.27 bits per heavy atom. The number of hydrogen-bond donors (Lipinski definition) is 1. The van der Waals surface area contributed by atoms with Gasteiger partial charge in [-0.05, 0) is 71.2 Å². The number of fused-ring (bicyclic) bond motifs is 2. The number of amides is 1. The first-order valence-corrected chi connectivity index (χ1v) is 13.8. The molecule has 214 valence electrons. The molecule has 11 heteroatoms. The Bertz CT molecular complexity index is 1620. The van der Waals surface area contributed by atoms with E-state index in [4.69, 9.17) is 14.5 Å². The minimum absolute atomic E-state index is 0.146. The van der Waals surface area contributed by atoms with Crippen molar-refractivity contribution in [1.29, 1.82) is 0 Å². The summed E-state index contributed by atoms with van der Waals surface area (Å²) in [6.07, 6.45) is 9.29.